The SMILES string of the molecule is Cc1cc(C(=O)NCC(=O)NC(C)C)cc(C)c1OCC(=O)O. The van der Waals surface area contributed by atoms with E-state index in [1.807, 2.05) is 13.8 Å². The van der Waals surface area contributed by atoms with Crippen LogP contribution >= 0.6 is 0 Å². The Hall–Kier alpha value is -2.57. The van der Waals surface area contributed by atoms with Crippen molar-refractivity contribution in [1.82, 2.24) is 10.6 Å². The maximum absolute atomic E-state index is 12.1. The third-order valence-corrected chi connectivity index (χ3v) is 2.92. The summed E-state index contributed by atoms with van der Waals surface area (Å²) < 4.78 is 5.21. The highest BCUT2D eigenvalue weighted by Crippen LogP contribution is 2.24. The lowest BCUT2D eigenvalue weighted by atomic mass is 10.1. The van der Waals surface area contributed by atoms with Gasteiger partial charge in [0.15, 0.2) is 6.61 Å². The average molecular weight is 322 g/mol. The molecule has 7 heteroatoms. The standard InChI is InChI=1S/C16H22N2O5/c1-9(2)18-13(19)7-17-16(22)12-5-10(3)15(11(4)6-12)23-8-14(20)21/h5-6,9H,7-8H2,1-4H3,(H,17,22)(H,18,19)(H,20,21). The number of nitrogens with one attached hydrogen (secondary N) is 2. The largest absolute Gasteiger partial charge is 0.481 e. The number of ether oxygens (including phenoxy) is 1. The second-order valence-corrected chi connectivity index (χ2v) is 5.53. The molecule has 23 heavy (non-hydrogen) atoms. The number of carboxylic acids is 1. The maximum atomic E-state index is 12.1. The fourth-order valence-electron chi connectivity index (χ4n) is 2.08. The molecule has 0 spiro atoms. The minimum absolute atomic E-state index is 0.00885. The molecular weight excluding hydrogens is 300 g/mol. The van der Waals surface area contributed by atoms with Crippen molar-refractivity contribution in [2.75, 3.05) is 13.2 Å². The smallest absolute Gasteiger partial charge is 0.341 e. The molecule has 126 valence electrons. The van der Waals surface area contributed by atoms with Crippen molar-refractivity contribution in [3.8, 4) is 5.75 Å². The van der Waals surface area contributed by atoms with E-state index in [-0.39, 0.29) is 24.4 Å². The van der Waals surface area contributed by atoms with Gasteiger partial charge in [-0.2, -0.15) is 0 Å². The van der Waals surface area contributed by atoms with Gasteiger partial charge in [-0.15, -0.1) is 0 Å². The van der Waals surface area contributed by atoms with Crippen molar-refractivity contribution in [3.05, 3.63) is 28.8 Å². The minimum atomic E-state index is -1.07. The molecule has 1 aromatic rings. The third kappa shape index (κ3) is 5.98. The van der Waals surface area contributed by atoms with E-state index in [4.69, 9.17) is 9.84 Å². The summed E-state index contributed by atoms with van der Waals surface area (Å²) in [6.45, 7) is 6.58. The molecule has 0 unspecified atom stereocenters. The number of carboxylic acid groups (broad SMARTS) is 1. The molecule has 1 rings (SSSR count). The Kier molecular flexibility index (Phi) is 6.56. The molecule has 3 N–H and O–H groups in total. The van der Waals surface area contributed by atoms with Crippen LogP contribution in [0.2, 0.25) is 0 Å². The summed E-state index contributed by atoms with van der Waals surface area (Å²) in [4.78, 5) is 34.2. The van der Waals surface area contributed by atoms with Gasteiger partial charge in [-0.1, -0.05) is 0 Å². The number of rotatable bonds is 7. The fourth-order valence-corrected chi connectivity index (χ4v) is 2.08. The van der Waals surface area contributed by atoms with Gasteiger partial charge in [0.2, 0.25) is 5.91 Å². The molecule has 0 fully saturated rings. The predicted octanol–water partition coefficient (Wildman–Crippen LogP) is 1.02. The van der Waals surface area contributed by atoms with Gasteiger partial charge in [0.05, 0.1) is 6.54 Å². The first-order valence-corrected chi connectivity index (χ1v) is 7.24. The van der Waals surface area contributed by atoms with E-state index in [0.717, 1.165) is 0 Å². The Labute approximate surface area is 135 Å². The Morgan fingerprint density at radius 2 is 1.74 bits per heavy atom. The van der Waals surface area contributed by atoms with Crippen LogP contribution in [-0.2, 0) is 9.59 Å². The quantitative estimate of drug-likeness (QED) is 0.695. The van der Waals surface area contributed by atoms with E-state index >= 15 is 0 Å². The number of carbonyl (C=O) groups excluding carboxylic acids is 2. The summed E-state index contributed by atoms with van der Waals surface area (Å²) in [5, 5.41) is 13.9. The highest BCUT2D eigenvalue weighted by Gasteiger charge is 2.13. The predicted molar refractivity (Wildman–Crippen MR) is 84.7 cm³/mol. The molecule has 2 amide bonds. The van der Waals surface area contributed by atoms with Crippen molar-refractivity contribution in [2.24, 2.45) is 0 Å². The molecule has 0 aromatic heterocycles. The van der Waals surface area contributed by atoms with Crippen molar-refractivity contribution >= 4 is 17.8 Å². The highest BCUT2D eigenvalue weighted by molar-refractivity contribution is 5.97. The molecule has 0 saturated carbocycles. The molecule has 0 aliphatic heterocycles. The summed E-state index contributed by atoms with van der Waals surface area (Å²) in [5.41, 5.74) is 1.70. The lowest BCUT2D eigenvalue weighted by Gasteiger charge is -2.13. The zero-order chi connectivity index (χ0) is 17.6. The molecule has 0 aliphatic carbocycles. The van der Waals surface area contributed by atoms with Crippen LogP contribution in [0.5, 0.6) is 5.75 Å². The molecule has 1 aromatic carbocycles. The van der Waals surface area contributed by atoms with E-state index in [1.165, 1.54) is 0 Å². The number of aliphatic carboxylic acids is 1. The average Bonchev–Trinajstić information content (AvgIpc) is 2.42. The van der Waals surface area contributed by atoms with Crippen LogP contribution in [0.1, 0.15) is 35.3 Å². The summed E-state index contributed by atoms with van der Waals surface area (Å²) in [6, 6.07) is 3.20. The van der Waals surface area contributed by atoms with Crippen molar-refractivity contribution < 1.29 is 24.2 Å². The van der Waals surface area contributed by atoms with Crippen molar-refractivity contribution in [3.63, 3.8) is 0 Å². The van der Waals surface area contributed by atoms with Crippen LogP contribution in [0.25, 0.3) is 0 Å². The van der Waals surface area contributed by atoms with Gasteiger partial charge < -0.3 is 20.5 Å². The number of carbonyl (C=O) groups is 3. The maximum Gasteiger partial charge on any atom is 0.341 e. The van der Waals surface area contributed by atoms with Gasteiger partial charge in [0.25, 0.3) is 5.91 Å². The van der Waals surface area contributed by atoms with Gasteiger partial charge in [0.1, 0.15) is 5.75 Å². The Balaban J connectivity index is 2.75. The molecule has 0 bridgehead atoms. The van der Waals surface area contributed by atoms with Gasteiger partial charge >= 0.3 is 5.97 Å². The van der Waals surface area contributed by atoms with E-state index in [2.05, 4.69) is 10.6 Å². The summed E-state index contributed by atoms with van der Waals surface area (Å²) in [7, 11) is 0. The van der Waals surface area contributed by atoms with Crippen LogP contribution in [0.3, 0.4) is 0 Å². The molecule has 0 radical (unpaired) electrons. The summed E-state index contributed by atoms with van der Waals surface area (Å²) in [5.74, 6) is -1.26. The Morgan fingerprint density at radius 1 is 1.17 bits per heavy atom. The van der Waals surface area contributed by atoms with E-state index in [0.29, 0.717) is 22.4 Å². The summed E-state index contributed by atoms with van der Waals surface area (Å²) in [6.07, 6.45) is 0. The van der Waals surface area contributed by atoms with Crippen LogP contribution in [0.15, 0.2) is 12.1 Å². The molecule has 0 heterocycles. The second kappa shape index (κ2) is 8.17. The van der Waals surface area contributed by atoms with Crippen LogP contribution in [0, 0.1) is 13.8 Å². The van der Waals surface area contributed by atoms with Crippen LogP contribution in [0.4, 0.5) is 0 Å². The van der Waals surface area contributed by atoms with Gasteiger partial charge in [0, 0.05) is 11.6 Å². The number of hydrogen-bond acceptors (Lipinski definition) is 4. The zero-order valence-corrected chi connectivity index (χ0v) is 13.7. The van der Waals surface area contributed by atoms with Gasteiger partial charge in [-0.3, -0.25) is 9.59 Å². The Morgan fingerprint density at radius 3 is 2.22 bits per heavy atom. The molecule has 0 atom stereocenters. The molecule has 7 nitrogen and oxygen atoms in total. The van der Waals surface area contributed by atoms with Crippen LogP contribution < -0.4 is 15.4 Å². The lowest BCUT2D eigenvalue weighted by molar-refractivity contribution is -0.139. The number of benzene rings is 1. The molecular formula is C16H22N2O5. The normalized spacial score (nSPS) is 10.3. The van der Waals surface area contributed by atoms with Crippen molar-refractivity contribution in [1.29, 1.82) is 0 Å². The first kappa shape index (κ1) is 18.5. The molecule has 0 saturated heterocycles. The summed E-state index contributed by atoms with van der Waals surface area (Å²) >= 11 is 0. The van der Waals surface area contributed by atoms with Gasteiger partial charge in [-0.25, -0.2) is 4.79 Å². The minimum Gasteiger partial charge on any atom is -0.481 e. The van der Waals surface area contributed by atoms with Crippen LogP contribution in [-0.4, -0.2) is 42.1 Å². The third-order valence-electron chi connectivity index (χ3n) is 2.92. The topological polar surface area (TPSA) is 105 Å². The van der Waals surface area contributed by atoms with E-state index in [1.54, 1.807) is 26.0 Å². The van der Waals surface area contributed by atoms with Gasteiger partial charge in [-0.05, 0) is 51.0 Å². The molecule has 0 aliphatic rings. The zero-order valence-electron chi connectivity index (χ0n) is 13.7. The second-order valence-electron chi connectivity index (χ2n) is 5.53. The monoisotopic (exact) mass is 322 g/mol. The highest BCUT2D eigenvalue weighted by atomic mass is 16.5. The number of amides is 2. The Bertz CT molecular complexity index is 587. The van der Waals surface area contributed by atoms with E-state index < -0.39 is 12.6 Å². The first-order valence-electron chi connectivity index (χ1n) is 7.24. The fraction of sp³-hybridized carbons (Fsp3) is 0.438. The van der Waals surface area contributed by atoms with E-state index in [9.17, 15) is 14.4 Å². The number of aryl methyl sites for hydroxylation is 2. The lowest BCUT2D eigenvalue weighted by Crippen LogP contribution is -2.39. The van der Waals surface area contributed by atoms with Crippen molar-refractivity contribution in [2.45, 2.75) is 33.7 Å². The first-order chi connectivity index (χ1) is 10.7. The number of hydrogen-bond donors (Lipinski definition) is 3.